The maximum atomic E-state index is 5.79. The van der Waals surface area contributed by atoms with E-state index in [0.717, 1.165) is 15.8 Å². The van der Waals surface area contributed by atoms with E-state index in [-0.39, 0.29) is 12.2 Å². The Labute approximate surface area is 117 Å². The Morgan fingerprint density at radius 1 is 1.21 bits per heavy atom. The van der Waals surface area contributed by atoms with Gasteiger partial charge in [-0.25, -0.2) is 0 Å². The van der Waals surface area contributed by atoms with Crippen molar-refractivity contribution in [2.24, 2.45) is 0 Å². The minimum atomic E-state index is 0.0168. The molecule has 2 aromatic heterocycles. The topological polar surface area (TPSA) is 52.3 Å². The van der Waals surface area contributed by atoms with E-state index in [1.54, 1.807) is 11.3 Å². The second-order valence-electron chi connectivity index (χ2n) is 5.50. The third-order valence-corrected chi connectivity index (χ3v) is 4.63. The van der Waals surface area contributed by atoms with Gasteiger partial charge in [0, 0.05) is 5.92 Å². The second kappa shape index (κ2) is 5.17. The molecule has 19 heavy (non-hydrogen) atoms. The van der Waals surface area contributed by atoms with Crippen molar-refractivity contribution in [3.8, 4) is 0 Å². The minimum absolute atomic E-state index is 0.0168. The Bertz CT molecular complexity index is 556. The van der Waals surface area contributed by atoms with Crippen molar-refractivity contribution in [2.45, 2.75) is 64.6 Å². The largest absolute Gasteiger partial charge is 0.369 e. The van der Waals surface area contributed by atoms with Gasteiger partial charge in [0.1, 0.15) is 11.1 Å². The van der Waals surface area contributed by atoms with Gasteiger partial charge in [-0.2, -0.15) is 9.61 Å². The first-order chi connectivity index (χ1) is 9.15. The van der Waals surface area contributed by atoms with Crippen LogP contribution in [0.25, 0.3) is 4.96 Å². The Hall–Kier alpha value is -1.01. The van der Waals surface area contributed by atoms with Crippen LogP contribution in [0.4, 0.5) is 0 Å². The molecule has 0 aliphatic heterocycles. The van der Waals surface area contributed by atoms with Gasteiger partial charge in [-0.05, 0) is 33.6 Å². The van der Waals surface area contributed by atoms with Crippen LogP contribution in [0.15, 0.2) is 0 Å². The zero-order chi connectivity index (χ0) is 13.4. The summed E-state index contributed by atoms with van der Waals surface area (Å²) in [6.45, 7) is 6.13. The number of hydrogen-bond acceptors (Lipinski definition) is 5. The Morgan fingerprint density at radius 2 is 1.95 bits per heavy atom. The molecule has 1 atom stereocenters. The van der Waals surface area contributed by atoms with Gasteiger partial charge in [-0.1, -0.05) is 24.2 Å². The lowest BCUT2D eigenvalue weighted by molar-refractivity contribution is 0.0172. The molecule has 0 bridgehead atoms. The van der Waals surface area contributed by atoms with Crippen LogP contribution in [0, 0.1) is 0 Å². The lowest BCUT2D eigenvalue weighted by atomic mass is 10.1. The molecule has 6 heteroatoms. The van der Waals surface area contributed by atoms with Crippen molar-refractivity contribution in [3.63, 3.8) is 0 Å². The van der Waals surface area contributed by atoms with E-state index in [1.165, 1.54) is 25.7 Å². The molecular formula is C13H20N4OS. The number of aromatic nitrogens is 4. The average molecular weight is 280 g/mol. The molecule has 1 aliphatic carbocycles. The minimum Gasteiger partial charge on any atom is -0.369 e. The highest BCUT2D eigenvalue weighted by molar-refractivity contribution is 7.16. The molecule has 0 radical (unpaired) electrons. The van der Waals surface area contributed by atoms with Crippen molar-refractivity contribution in [2.75, 3.05) is 0 Å². The standard InChI is InChI=1S/C13H20N4OS/c1-8(2)18-9(3)12-16-17-11(10-6-4-5-7-10)14-15-13(17)19-12/h8-10H,4-7H2,1-3H3. The fourth-order valence-electron chi connectivity index (χ4n) is 2.72. The number of fused-ring (bicyclic) bond motifs is 1. The number of ether oxygens (including phenoxy) is 1. The first kappa shape index (κ1) is 13.0. The van der Waals surface area contributed by atoms with E-state index in [0.29, 0.717) is 5.92 Å². The summed E-state index contributed by atoms with van der Waals surface area (Å²) in [7, 11) is 0. The maximum absolute atomic E-state index is 5.79. The highest BCUT2D eigenvalue weighted by Crippen LogP contribution is 2.34. The second-order valence-corrected chi connectivity index (χ2v) is 6.49. The SMILES string of the molecule is CC(C)OC(C)c1nn2c(C3CCCC3)nnc2s1. The van der Waals surface area contributed by atoms with E-state index in [9.17, 15) is 0 Å². The lowest BCUT2D eigenvalue weighted by Crippen LogP contribution is -2.08. The third kappa shape index (κ3) is 2.51. The zero-order valence-corrected chi connectivity index (χ0v) is 12.5. The smallest absolute Gasteiger partial charge is 0.234 e. The van der Waals surface area contributed by atoms with Crippen molar-refractivity contribution in [1.82, 2.24) is 19.8 Å². The molecule has 0 spiro atoms. The molecule has 2 heterocycles. The zero-order valence-electron chi connectivity index (χ0n) is 11.7. The monoisotopic (exact) mass is 280 g/mol. The fraction of sp³-hybridized carbons (Fsp3) is 0.769. The molecule has 104 valence electrons. The predicted molar refractivity (Wildman–Crippen MR) is 74.5 cm³/mol. The Balaban J connectivity index is 1.88. The quantitative estimate of drug-likeness (QED) is 0.862. The molecular weight excluding hydrogens is 260 g/mol. The number of nitrogens with zero attached hydrogens (tertiary/aromatic N) is 4. The van der Waals surface area contributed by atoms with Crippen molar-refractivity contribution < 1.29 is 4.74 Å². The first-order valence-corrected chi connectivity index (χ1v) is 7.84. The Kier molecular flexibility index (Phi) is 3.54. The molecule has 1 fully saturated rings. The van der Waals surface area contributed by atoms with Gasteiger partial charge < -0.3 is 4.74 Å². The molecule has 1 saturated carbocycles. The highest BCUT2D eigenvalue weighted by atomic mass is 32.1. The van der Waals surface area contributed by atoms with Gasteiger partial charge >= 0.3 is 0 Å². The summed E-state index contributed by atoms with van der Waals surface area (Å²) in [5.74, 6) is 1.57. The van der Waals surface area contributed by atoms with E-state index < -0.39 is 0 Å². The van der Waals surface area contributed by atoms with Crippen LogP contribution >= 0.6 is 11.3 Å². The van der Waals surface area contributed by atoms with E-state index >= 15 is 0 Å². The number of rotatable bonds is 4. The van der Waals surface area contributed by atoms with Crippen LogP contribution in [-0.4, -0.2) is 25.9 Å². The molecule has 0 aromatic carbocycles. The molecule has 0 saturated heterocycles. The van der Waals surface area contributed by atoms with Crippen LogP contribution in [0.3, 0.4) is 0 Å². The molecule has 0 amide bonds. The van der Waals surface area contributed by atoms with Crippen molar-refractivity contribution in [1.29, 1.82) is 0 Å². The molecule has 0 N–H and O–H groups in total. The molecule has 3 rings (SSSR count). The summed E-state index contributed by atoms with van der Waals surface area (Å²) in [5, 5.41) is 14.2. The van der Waals surface area contributed by atoms with Gasteiger partial charge in [0.2, 0.25) is 4.96 Å². The summed E-state index contributed by atoms with van der Waals surface area (Å²) in [6, 6.07) is 0. The van der Waals surface area contributed by atoms with E-state index in [2.05, 4.69) is 15.3 Å². The first-order valence-electron chi connectivity index (χ1n) is 7.02. The third-order valence-electron chi connectivity index (χ3n) is 3.57. The van der Waals surface area contributed by atoms with Crippen molar-refractivity contribution >= 4 is 16.3 Å². The van der Waals surface area contributed by atoms with Gasteiger partial charge in [0.05, 0.1) is 6.10 Å². The maximum Gasteiger partial charge on any atom is 0.234 e. The van der Waals surface area contributed by atoms with E-state index in [1.807, 2.05) is 25.3 Å². The van der Waals surface area contributed by atoms with Gasteiger partial charge in [0.25, 0.3) is 0 Å². The number of hydrogen-bond donors (Lipinski definition) is 0. The van der Waals surface area contributed by atoms with Crippen LogP contribution < -0.4 is 0 Å². The van der Waals surface area contributed by atoms with Gasteiger partial charge in [-0.15, -0.1) is 10.2 Å². The molecule has 5 nitrogen and oxygen atoms in total. The lowest BCUT2D eigenvalue weighted by Gasteiger charge is -2.12. The molecule has 1 aliphatic rings. The summed E-state index contributed by atoms with van der Waals surface area (Å²) >= 11 is 1.58. The van der Waals surface area contributed by atoms with Crippen LogP contribution in [0.1, 0.15) is 69.3 Å². The highest BCUT2D eigenvalue weighted by Gasteiger charge is 2.25. The fourth-order valence-corrected chi connectivity index (χ4v) is 3.55. The molecule has 2 aromatic rings. The van der Waals surface area contributed by atoms with Gasteiger partial charge in [0.15, 0.2) is 5.82 Å². The predicted octanol–water partition coefficient (Wildman–Crippen LogP) is 3.33. The average Bonchev–Trinajstić information content (AvgIpc) is 3.03. The van der Waals surface area contributed by atoms with E-state index in [4.69, 9.17) is 4.74 Å². The normalized spacial score (nSPS) is 18.7. The Morgan fingerprint density at radius 3 is 2.63 bits per heavy atom. The van der Waals surface area contributed by atoms with Crippen LogP contribution in [-0.2, 0) is 4.74 Å². The van der Waals surface area contributed by atoms with Crippen LogP contribution in [0.5, 0.6) is 0 Å². The summed E-state index contributed by atoms with van der Waals surface area (Å²) in [5.41, 5.74) is 0. The summed E-state index contributed by atoms with van der Waals surface area (Å²) < 4.78 is 7.71. The molecule has 1 unspecified atom stereocenters. The van der Waals surface area contributed by atoms with Gasteiger partial charge in [-0.3, -0.25) is 0 Å². The van der Waals surface area contributed by atoms with Crippen LogP contribution in [0.2, 0.25) is 0 Å². The van der Waals surface area contributed by atoms with Crippen molar-refractivity contribution in [3.05, 3.63) is 10.8 Å². The summed E-state index contributed by atoms with van der Waals surface area (Å²) in [6.07, 6.45) is 5.24. The summed E-state index contributed by atoms with van der Waals surface area (Å²) in [4.78, 5) is 0.885.